The molecule has 5 heteroatoms. The maximum atomic E-state index is 5.60. The molecule has 0 spiro atoms. The van der Waals surface area contributed by atoms with Crippen LogP contribution in [0.3, 0.4) is 0 Å². The molecule has 0 N–H and O–H groups in total. The monoisotopic (exact) mass is 649 g/mol. The average Bonchev–Trinajstić information content (AvgIpc) is 3.92. The van der Waals surface area contributed by atoms with E-state index in [1.807, 2.05) is 0 Å². The van der Waals surface area contributed by atoms with Gasteiger partial charge in [-0.15, -0.1) is 0 Å². The Balaban J connectivity index is 1.25. The standard InChI is InChI=1S/C46H27N5/c1-2-14-28(15-3-1)49-37-23-10-7-19-32(37)41-34(21-12-26-39(41)49)43-31-18-6-9-22-35(31)47-46(48-43)51-38-24-11-8-20-33(38)42-40-27-13-25-36-29-16-4-5-17-30(29)44(45(42)51)50(36)40/h1-27H. The molecule has 0 fully saturated rings. The van der Waals surface area contributed by atoms with Crippen LogP contribution in [0.5, 0.6) is 0 Å². The van der Waals surface area contributed by atoms with E-state index in [1.165, 1.54) is 54.4 Å². The molecule has 0 unspecified atom stereocenters. The van der Waals surface area contributed by atoms with Crippen molar-refractivity contribution in [3.63, 3.8) is 0 Å². The lowest BCUT2D eigenvalue weighted by Crippen LogP contribution is -2.03. The quantitative estimate of drug-likeness (QED) is 0.191. The number of para-hydroxylation sites is 4. The minimum Gasteiger partial charge on any atom is -0.309 e. The fourth-order valence-corrected chi connectivity index (χ4v) is 8.80. The molecule has 0 saturated carbocycles. The van der Waals surface area contributed by atoms with Gasteiger partial charge in [-0.3, -0.25) is 4.57 Å². The summed E-state index contributed by atoms with van der Waals surface area (Å²) in [6.45, 7) is 0. The highest BCUT2D eigenvalue weighted by molar-refractivity contribution is 6.29. The third kappa shape index (κ3) is 3.44. The maximum absolute atomic E-state index is 5.60. The Morgan fingerprint density at radius 2 is 0.941 bits per heavy atom. The number of aromatic nitrogens is 5. The average molecular weight is 650 g/mol. The number of fused-ring (bicyclic) bond motifs is 12. The van der Waals surface area contributed by atoms with E-state index in [0.29, 0.717) is 5.95 Å². The van der Waals surface area contributed by atoms with E-state index in [9.17, 15) is 0 Å². The molecule has 0 amide bonds. The molecule has 0 saturated heterocycles. The maximum Gasteiger partial charge on any atom is 0.235 e. The van der Waals surface area contributed by atoms with Gasteiger partial charge < -0.3 is 8.97 Å². The molecule has 5 nitrogen and oxygen atoms in total. The Morgan fingerprint density at radius 1 is 0.353 bits per heavy atom. The Bertz CT molecular complexity index is 3360. The summed E-state index contributed by atoms with van der Waals surface area (Å²) < 4.78 is 7.10. The van der Waals surface area contributed by atoms with Crippen molar-refractivity contribution in [2.75, 3.05) is 0 Å². The van der Waals surface area contributed by atoms with E-state index in [0.717, 1.165) is 44.4 Å². The molecule has 6 aromatic heterocycles. The number of benzene rings is 6. The van der Waals surface area contributed by atoms with E-state index in [1.54, 1.807) is 0 Å². The van der Waals surface area contributed by atoms with Crippen LogP contribution in [-0.4, -0.2) is 23.5 Å². The predicted molar refractivity (Wildman–Crippen MR) is 211 cm³/mol. The van der Waals surface area contributed by atoms with Gasteiger partial charge in [-0.2, -0.15) is 0 Å². The van der Waals surface area contributed by atoms with Gasteiger partial charge in [0.2, 0.25) is 5.95 Å². The zero-order chi connectivity index (χ0) is 33.2. The van der Waals surface area contributed by atoms with Gasteiger partial charge in [-0.05, 0) is 48.5 Å². The fourth-order valence-electron chi connectivity index (χ4n) is 8.80. The normalized spacial score (nSPS) is 12.3. The molecule has 51 heavy (non-hydrogen) atoms. The lowest BCUT2D eigenvalue weighted by Gasteiger charge is -2.13. The summed E-state index contributed by atoms with van der Waals surface area (Å²) in [5, 5.41) is 8.30. The van der Waals surface area contributed by atoms with Crippen molar-refractivity contribution < 1.29 is 0 Å². The highest BCUT2D eigenvalue weighted by Crippen LogP contribution is 2.45. The molecule has 0 bridgehead atoms. The molecule has 12 aromatic rings. The summed E-state index contributed by atoms with van der Waals surface area (Å²) in [4.78, 5) is 11.0. The van der Waals surface area contributed by atoms with Gasteiger partial charge in [-0.25, -0.2) is 9.97 Å². The first-order valence-corrected chi connectivity index (χ1v) is 17.4. The first-order valence-electron chi connectivity index (χ1n) is 17.4. The highest BCUT2D eigenvalue weighted by Gasteiger charge is 2.26. The molecular formula is C46H27N5. The number of rotatable bonds is 3. The van der Waals surface area contributed by atoms with E-state index >= 15 is 0 Å². The predicted octanol–water partition coefficient (Wildman–Crippen LogP) is 11.5. The largest absolute Gasteiger partial charge is 0.309 e. The van der Waals surface area contributed by atoms with E-state index in [-0.39, 0.29) is 0 Å². The second-order valence-electron chi connectivity index (χ2n) is 13.4. The van der Waals surface area contributed by atoms with Crippen molar-refractivity contribution in [2.24, 2.45) is 0 Å². The molecule has 0 aliphatic carbocycles. The van der Waals surface area contributed by atoms with Gasteiger partial charge in [-0.1, -0.05) is 115 Å². The summed E-state index contributed by atoms with van der Waals surface area (Å²) in [6.07, 6.45) is 0. The Hall–Kier alpha value is -6.98. The molecule has 0 radical (unpaired) electrons. The van der Waals surface area contributed by atoms with Gasteiger partial charge in [0.15, 0.2) is 0 Å². The van der Waals surface area contributed by atoms with Gasteiger partial charge in [0.1, 0.15) is 0 Å². The van der Waals surface area contributed by atoms with Crippen molar-refractivity contribution in [1.29, 1.82) is 0 Å². The lowest BCUT2D eigenvalue weighted by atomic mass is 10.0. The Kier molecular flexibility index (Phi) is 5.17. The first kappa shape index (κ1) is 26.9. The van der Waals surface area contributed by atoms with Gasteiger partial charge in [0.05, 0.1) is 49.8 Å². The van der Waals surface area contributed by atoms with Crippen LogP contribution in [0.4, 0.5) is 0 Å². The molecule has 0 aliphatic rings. The molecular weight excluding hydrogens is 623 g/mol. The van der Waals surface area contributed by atoms with Crippen molar-refractivity contribution >= 4 is 81.8 Å². The highest BCUT2D eigenvalue weighted by atomic mass is 15.2. The van der Waals surface area contributed by atoms with E-state index in [4.69, 9.17) is 9.97 Å². The van der Waals surface area contributed by atoms with Crippen LogP contribution in [-0.2, 0) is 0 Å². The van der Waals surface area contributed by atoms with Crippen molar-refractivity contribution in [3.05, 3.63) is 164 Å². The van der Waals surface area contributed by atoms with Gasteiger partial charge >= 0.3 is 0 Å². The van der Waals surface area contributed by atoms with E-state index < -0.39 is 0 Å². The fraction of sp³-hybridized carbons (Fsp3) is 0. The number of pyridine rings is 1. The topological polar surface area (TPSA) is 40.0 Å². The van der Waals surface area contributed by atoms with Crippen LogP contribution in [0.25, 0.3) is 105 Å². The summed E-state index contributed by atoms with van der Waals surface area (Å²) in [5.74, 6) is 0.664. The smallest absolute Gasteiger partial charge is 0.235 e. The zero-order valence-corrected chi connectivity index (χ0v) is 27.3. The van der Waals surface area contributed by atoms with Crippen molar-refractivity contribution in [1.82, 2.24) is 23.5 Å². The van der Waals surface area contributed by atoms with Gasteiger partial charge in [0.25, 0.3) is 0 Å². The van der Waals surface area contributed by atoms with Crippen LogP contribution >= 0.6 is 0 Å². The Morgan fingerprint density at radius 3 is 1.76 bits per heavy atom. The van der Waals surface area contributed by atoms with Crippen LogP contribution < -0.4 is 0 Å². The molecule has 6 heterocycles. The third-order valence-corrected chi connectivity index (χ3v) is 10.8. The molecule has 12 rings (SSSR count). The molecule has 236 valence electrons. The second-order valence-corrected chi connectivity index (χ2v) is 13.4. The summed E-state index contributed by atoms with van der Waals surface area (Å²) in [6, 6.07) is 58.4. The molecule has 0 atom stereocenters. The number of nitrogens with zero attached hydrogens (tertiary/aromatic N) is 5. The Labute approximate surface area is 291 Å². The van der Waals surface area contributed by atoms with Crippen LogP contribution in [0.2, 0.25) is 0 Å². The number of hydrogen-bond donors (Lipinski definition) is 0. The minimum atomic E-state index is 0.664. The van der Waals surface area contributed by atoms with Crippen LogP contribution in [0.15, 0.2) is 164 Å². The molecule has 0 aliphatic heterocycles. The van der Waals surface area contributed by atoms with Gasteiger partial charge in [0, 0.05) is 49.0 Å². The third-order valence-electron chi connectivity index (χ3n) is 10.8. The minimum absolute atomic E-state index is 0.664. The first-order chi connectivity index (χ1) is 25.3. The van der Waals surface area contributed by atoms with Crippen LogP contribution in [0, 0.1) is 0 Å². The number of hydrogen-bond acceptors (Lipinski definition) is 2. The SMILES string of the molecule is c1ccc(-n2c3ccccc3c3c(-c4nc(-n5c6ccccc6c6c5c5c7ccccc7c7cccc6n75)nc5ccccc45)cccc32)cc1. The van der Waals surface area contributed by atoms with Crippen molar-refractivity contribution in [3.8, 4) is 22.9 Å². The zero-order valence-electron chi connectivity index (χ0n) is 27.3. The summed E-state index contributed by atoms with van der Waals surface area (Å²) in [7, 11) is 0. The summed E-state index contributed by atoms with van der Waals surface area (Å²) in [5.41, 5.74) is 12.2. The lowest BCUT2D eigenvalue weighted by molar-refractivity contribution is 1.02. The summed E-state index contributed by atoms with van der Waals surface area (Å²) >= 11 is 0. The van der Waals surface area contributed by atoms with E-state index in [2.05, 4.69) is 177 Å². The van der Waals surface area contributed by atoms with Crippen LogP contribution in [0.1, 0.15) is 0 Å². The molecule has 6 aromatic carbocycles. The second kappa shape index (κ2) is 9.80. The van der Waals surface area contributed by atoms with Crippen molar-refractivity contribution in [2.45, 2.75) is 0 Å².